The Morgan fingerprint density at radius 1 is 0.172 bits per heavy atom. The first-order chi connectivity index (χ1) is 27.5. The molecule has 8 rings (SSSR count). The zero-order chi connectivity index (χ0) is 39.2. The Bertz CT molecular complexity index is 1700. The molecule has 0 amide bonds. The Balaban J connectivity index is 0.000000205. The molecule has 8 aromatic carbocycles. The molecule has 0 bridgehead atoms. The predicted octanol–water partition coefficient (Wildman–Crippen LogP) is 8.85. The molecule has 0 heterocycles. The van der Waals surface area contributed by atoms with Gasteiger partial charge >= 0.3 is 40.8 Å². The van der Waals surface area contributed by atoms with Crippen LogP contribution in [-0.2, 0) is 40.8 Å². The average molecular weight is 1180 g/mol. The number of hydrogen-bond donors (Lipinski definition) is 0. The summed E-state index contributed by atoms with van der Waals surface area (Å²) in [7, 11) is -0.683. The van der Waals surface area contributed by atoms with Gasteiger partial charge in [0.05, 0.1) is 0 Å². The molecular weight excluding hydrogens is 1120 g/mol. The van der Waals surface area contributed by atoms with Gasteiger partial charge in [0, 0.05) is 0 Å². The van der Waals surface area contributed by atoms with E-state index in [9.17, 15) is 0 Å². The third-order valence-electron chi connectivity index (χ3n) is 9.15. The molecule has 6 heteroatoms. The second-order valence-corrected chi connectivity index (χ2v) is 21.5. The monoisotopic (exact) mass is 1180 g/mol. The fraction of sp³-hybridized carbons (Fsp3) is 0.0769. The molecular formula is C52H60P4Re2. The Kier molecular flexibility index (Phi) is 24.0. The Labute approximate surface area is 381 Å². The van der Waals surface area contributed by atoms with Gasteiger partial charge < -0.3 is 0 Å². The summed E-state index contributed by atoms with van der Waals surface area (Å²) in [6, 6.07) is 85.6. The zero-order valence-electron chi connectivity index (χ0n) is 34.0. The van der Waals surface area contributed by atoms with Crippen molar-refractivity contribution in [1.82, 2.24) is 0 Å². The summed E-state index contributed by atoms with van der Waals surface area (Å²) in [5.74, 6) is 0. The van der Waals surface area contributed by atoms with E-state index in [0.29, 0.717) is 0 Å². The molecule has 302 valence electrons. The molecule has 0 unspecified atom stereocenters. The molecule has 0 aliphatic heterocycles. The van der Waals surface area contributed by atoms with Crippen LogP contribution < -0.4 is 42.4 Å². The van der Waals surface area contributed by atoms with E-state index in [0.717, 1.165) is 0 Å². The van der Waals surface area contributed by atoms with Crippen LogP contribution in [-0.4, -0.2) is 26.7 Å². The molecule has 0 saturated carbocycles. The van der Waals surface area contributed by atoms with E-state index in [4.69, 9.17) is 0 Å². The summed E-state index contributed by atoms with van der Waals surface area (Å²) in [5, 5.41) is 11.5. The number of hydrogen-bond acceptors (Lipinski definition) is 0. The van der Waals surface area contributed by atoms with Gasteiger partial charge in [-0.3, -0.25) is 0 Å². The minimum atomic E-state index is -0.171. The molecule has 0 saturated heterocycles. The standard InChI is InChI=1S/4C13H13P.2Re.8H/c4*1-14(12-8-4-2-5-9-12)13-10-6-3-7-11-13;;;;;;;;;;/h4*2-11H,1H3;;;;;;;;;;. The van der Waals surface area contributed by atoms with Crippen molar-refractivity contribution >= 4 is 74.1 Å². The van der Waals surface area contributed by atoms with Crippen molar-refractivity contribution in [2.24, 2.45) is 0 Å². The van der Waals surface area contributed by atoms with Crippen LogP contribution in [0.25, 0.3) is 0 Å². The zero-order valence-corrected chi connectivity index (χ0v) is 45.9. The maximum atomic E-state index is 2.31. The third-order valence-corrected chi connectivity index (χ3v) is 17.7. The van der Waals surface area contributed by atoms with Gasteiger partial charge in [0.1, 0.15) is 0 Å². The molecule has 0 atom stereocenters. The predicted molar refractivity (Wildman–Crippen MR) is 271 cm³/mol. The van der Waals surface area contributed by atoms with E-state index in [-0.39, 0.29) is 72.5 Å². The molecule has 2 radical (unpaired) electrons. The minimum absolute atomic E-state index is 0. The van der Waals surface area contributed by atoms with Crippen LogP contribution in [0, 0.1) is 0 Å². The van der Waals surface area contributed by atoms with Gasteiger partial charge in [0.25, 0.3) is 0 Å². The van der Waals surface area contributed by atoms with Gasteiger partial charge in [-0.15, -0.1) is 0 Å². The average Bonchev–Trinajstić information content (AvgIpc) is 3.31. The molecule has 0 aromatic heterocycles. The van der Waals surface area contributed by atoms with Crippen LogP contribution in [0.2, 0.25) is 0 Å². The van der Waals surface area contributed by atoms with Crippen molar-refractivity contribution in [2.75, 3.05) is 26.7 Å². The van der Waals surface area contributed by atoms with Gasteiger partial charge in [-0.2, -0.15) is 0 Å². The van der Waals surface area contributed by atoms with Crippen LogP contribution in [0.5, 0.6) is 0 Å². The van der Waals surface area contributed by atoms with Crippen molar-refractivity contribution < 1.29 is 40.8 Å². The molecule has 0 aliphatic rings. The Morgan fingerprint density at radius 3 is 0.345 bits per heavy atom. The first-order valence-electron chi connectivity index (χ1n) is 18.9. The van der Waals surface area contributed by atoms with E-state index in [1.807, 2.05) is 0 Å². The van der Waals surface area contributed by atoms with Crippen molar-refractivity contribution in [3.63, 3.8) is 0 Å². The van der Waals surface area contributed by atoms with Crippen molar-refractivity contribution in [3.05, 3.63) is 243 Å². The fourth-order valence-corrected chi connectivity index (χ4v) is 12.0. The van der Waals surface area contributed by atoms with Gasteiger partial charge in [-0.1, -0.05) is 243 Å². The van der Waals surface area contributed by atoms with Crippen LogP contribution in [0.4, 0.5) is 0 Å². The van der Waals surface area contributed by atoms with Gasteiger partial charge in [0.15, 0.2) is 0 Å². The first kappa shape index (κ1) is 49.2. The van der Waals surface area contributed by atoms with Gasteiger partial charge in [-0.25, -0.2) is 0 Å². The SMILES string of the molecule is CP(c1ccccc1)c1ccccc1.CP(c1ccccc1)c1ccccc1.CP(c1ccccc1)c1ccccc1.CP(c1ccccc1)c1ccccc1.[ReH4].[ReH4]. The van der Waals surface area contributed by atoms with Gasteiger partial charge in [0.2, 0.25) is 0 Å². The quantitative estimate of drug-likeness (QED) is 0.134. The summed E-state index contributed by atoms with van der Waals surface area (Å²) in [6.07, 6.45) is 0. The molecule has 0 aliphatic carbocycles. The van der Waals surface area contributed by atoms with Crippen molar-refractivity contribution in [3.8, 4) is 0 Å². The van der Waals surface area contributed by atoms with Crippen LogP contribution >= 0.6 is 31.7 Å². The second kappa shape index (κ2) is 28.3. The maximum absolute atomic E-state index is 2.31. The number of rotatable bonds is 8. The Hall–Kier alpha value is -3.20. The molecule has 0 fully saturated rings. The summed E-state index contributed by atoms with van der Waals surface area (Å²) >= 11 is 0. The molecule has 8 aromatic rings. The van der Waals surface area contributed by atoms with E-state index in [1.165, 1.54) is 42.4 Å². The summed E-state index contributed by atoms with van der Waals surface area (Å²) in [5.41, 5.74) is 0. The molecule has 0 nitrogen and oxygen atoms in total. The second-order valence-electron chi connectivity index (χ2n) is 12.9. The van der Waals surface area contributed by atoms with Crippen molar-refractivity contribution in [2.45, 2.75) is 0 Å². The van der Waals surface area contributed by atoms with Crippen LogP contribution in [0.3, 0.4) is 0 Å². The summed E-state index contributed by atoms with van der Waals surface area (Å²) in [6.45, 7) is 9.22. The van der Waals surface area contributed by atoms with Gasteiger partial charge in [-0.05, 0) is 101 Å². The third kappa shape index (κ3) is 16.5. The van der Waals surface area contributed by atoms with E-state index in [1.54, 1.807) is 0 Å². The summed E-state index contributed by atoms with van der Waals surface area (Å²) < 4.78 is 0. The molecule has 0 N–H and O–H groups in total. The van der Waals surface area contributed by atoms with E-state index in [2.05, 4.69) is 269 Å². The Morgan fingerprint density at radius 2 is 0.259 bits per heavy atom. The topological polar surface area (TPSA) is 0 Å². The van der Waals surface area contributed by atoms with E-state index >= 15 is 0 Å². The van der Waals surface area contributed by atoms with Crippen LogP contribution in [0.15, 0.2) is 243 Å². The normalized spacial score (nSPS) is 10.1. The fourth-order valence-electron chi connectivity index (χ4n) is 5.81. The number of benzene rings is 8. The molecule has 0 spiro atoms. The molecule has 58 heavy (non-hydrogen) atoms. The summed E-state index contributed by atoms with van der Waals surface area (Å²) in [4.78, 5) is 0. The first-order valence-corrected chi connectivity index (χ1v) is 26.0. The van der Waals surface area contributed by atoms with Crippen molar-refractivity contribution in [1.29, 1.82) is 0 Å². The van der Waals surface area contributed by atoms with Crippen LogP contribution in [0.1, 0.15) is 0 Å². The van der Waals surface area contributed by atoms with E-state index < -0.39 is 0 Å².